The Morgan fingerprint density at radius 2 is 1.88 bits per heavy atom. The standard InChI is InChI=1S/C26H38N2O4S/c1-17-9-11-19(12-10-17)24(29)28(22(16-32-8)18(2)27(6)7)21-15-20(13-14-26(3,4)5)33-23(21)25(30)31/h15,17,19,22H,2,9-12,16H2,1,3-8H3,(H,30,31). The summed E-state index contributed by atoms with van der Waals surface area (Å²) in [5, 5.41) is 10.0. The van der Waals surface area contributed by atoms with Crippen LogP contribution in [0, 0.1) is 29.1 Å². The predicted molar refractivity (Wildman–Crippen MR) is 135 cm³/mol. The predicted octanol–water partition coefficient (Wildman–Crippen LogP) is 5.09. The van der Waals surface area contributed by atoms with Gasteiger partial charge in [-0.25, -0.2) is 4.79 Å². The molecule has 0 aliphatic heterocycles. The number of anilines is 1. The first kappa shape index (κ1) is 26.9. The van der Waals surface area contributed by atoms with Crippen LogP contribution < -0.4 is 4.90 Å². The first-order valence-corrected chi connectivity index (χ1v) is 12.3. The smallest absolute Gasteiger partial charge is 0.348 e. The number of carboxylic acid groups (broad SMARTS) is 1. The van der Waals surface area contributed by atoms with Gasteiger partial charge in [0.1, 0.15) is 4.88 Å². The monoisotopic (exact) mass is 474 g/mol. The van der Waals surface area contributed by atoms with Crippen molar-refractivity contribution in [3.63, 3.8) is 0 Å². The molecule has 1 saturated carbocycles. The Kier molecular flexibility index (Phi) is 9.16. The Morgan fingerprint density at radius 1 is 1.27 bits per heavy atom. The van der Waals surface area contributed by atoms with Gasteiger partial charge < -0.3 is 14.7 Å². The van der Waals surface area contributed by atoms with Crippen LogP contribution in [0.4, 0.5) is 5.69 Å². The van der Waals surface area contributed by atoms with Crippen molar-refractivity contribution in [2.24, 2.45) is 17.3 Å². The highest BCUT2D eigenvalue weighted by atomic mass is 32.1. The highest BCUT2D eigenvalue weighted by molar-refractivity contribution is 7.15. The van der Waals surface area contributed by atoms with E-state index in [1.807, 2.05) is 39.8 Å². The van der Waals surface area contributed by atoms with E-state index in [2.05, 4.69) is 25.3 Å². The van der Waals surface area contributed by atoms with E-state index >= 15 is 0 Å². The van der Waals surface area contributed by atoms with E-state index in [0.29, 0.717) is 22.2 Å². The first-order chi connectivity index (χ1) is 15.4. The summed E-state index contributed by atoms with van der Waals surface area (Å²) < 4.78 is 5.48. The van der Waals surface area contributed by atoms with Gasteiger partial charge in [-0.15, -0.1) is 11.3 Å². The lowest BCUT2D eigenvalue weighted by Gasteiger charge is -2.38. The van der Waals surface area contributed by atoms with Gasteiger partial charge in [0, 0.05) is 38.2 Å². The van der Waals surface area contributed by atoms with E-state index in [1.165, 1.54) is 0 Å². The number of carboxylic acids is 1. The molecule has 1 aliphatic rings. The lowest BCUT2D eigenvalue weighted by molar-refractivity contribution is -0.124. The molecule has 1 unspecified atom stereocenters. The molecule has 1 amide bonds. The lowest BCUT2D eigenvalue weighted by Crippen LogP contribution is -2.49. The summed E-state index contributed by atoms with van der Waals surface area (Å²) >= 11 is 1.11. The van der Waals surface area contributed by atoms with Crippen LogP contribution in [0.5, 0.6) is 0 Å². The molecule has 0 bridgehead atoms. The van der Waals surface area contributed by atoms with Crippen LogP contribution in [0.25, 0.3) is 0 Å². The normalized spacial score (nSPS) is 19.2. The van der Waals surface area contributed by atoms with E-state index in [0.717, 1.165) is 37.0 Å². The fourth-order valence-corrected chi connectivity index (χ4v) is 4.79. The molecule has 0 radical (unpaired) electrons. The molecule has 0 aromatic carbocycles. The van der Waals surface area contributed by atoms with Crippen LogP contribution in [0.2, 0.25) is 0 Å². The van der Waals surface area contributed by atoms with Crippen LogP contribution in [0.15, 0.2) is 18.3 Å². The minimum atomic E-state index is -1.07. The van der Waals surface area contributed by atoms with Gasteiger partial charge in [0.05, 0.1) is 23.2 Å². The second kappa shape index (κ2) is 11.2. The van der Waals surface area contributed by atoms with E-state index in [9.17, 15) is 14.7 Å². The number of carbonyl (C=O) groups excluding carboxylic acids is 1. The number of hydrogen-bond acceptors (Lipinski definition) is 5. The third-order valence-electron chi connectivity index (χ3n) is 5.92. The molecule has 1 aromatic heterocycles. The topological polar surface area (TPSA) is 70.1 Å². The average molecular weight is 475 g/mol. The number of carbonyl (C=O) groups is 2. The lowest BCUT2D eigenvalue weighted by atomic mass is 9.82. The molecule has 1 aromatic rings. The fourth-order valence-electron chi connectivity index (χ4n) is 3.94. The molecule has 33 heavy (non-hydrogen) atoms. The number of thiophene rings is 1. The second-order valence-electron chi connectivity index (χ2n) is 10.2. The Labute approximate surface area is 202 Å². The van der Waals surface area contributed by atoms with E-state index in [-0.39, 0.29) is 28.7 Å². The van der Waals surface area contributed by atoms with E-state index in [1.54, 1.807) is 18.1 Å². The van der Waals surface area contributed by atoms with Crippen molar-refractivity contribution in [2.75, 3.05) is 32.7 Å². The molecule has 182 valence electrons. The van der Waals surface area contributed by atoms with Crippen molar-refractivity contribution >= 4 is 28.9 Å². The second-order valence-corrected chi connectivity index (χ2v) is 11.2. The number of hydrogen-bond donors (Lipinski definition) is 1. The number of rotatable bonds is 8. The zero-order chi connectivity index (χ0) is 24.9. The number of amides is 1. The third kappa shape index (κ3) is 7.09. The van der Waals surface area contributed by atoms with Crippen molar-refractivity contribution in [3.8, 4) is 11.8 Å². The molecule has 1 heterocycles. The van der Waals surface area contributed by atoms with Gasteiger partial charge in [0.15, 0.2) is 0 Å². The molecule has 2 rings (SSSR count). The van der Waals surface area contributed by atoms with Gasteiger partial charge in [0.25, 0.3) is 0 Å². The maximum absolute atomic E-state index is 13.9. The SMILES string of the molecule is C=C(C(COC)N(C(=O)C1CCC(C)CC1)c1cc(C#CC(C)(C)C)sc1C(=O)O)N(C)C. The minimum absolute atomic E-state index is 0.0671. The van der Waals surface area contributed by atoms with Gasteiger partial charge >= 0.3 is 5.97 Å². The van der Waals surface area contributed by atoms with Crippen molar-refractivity contribution in [1.29, 1.82) is 0 Å². The van der Waals surface area contributed by atoms with Crippen LogP contribution in [0.1, 0.15) is 67.9 Å². The van der Waals surface area contributed by atoms with Crippen molar-refractivity contribution in [2.45, 2.75) is 59.4 Å². The highest BCUT2D eigenvalue weighted by Crippen LogP contribution is 2.37. The summed E-state index contributed by atoms with van der Waals surface area (Å²) in [7, 11) is 5.30. The zero-order valence-corrected chi connectivity index (χ0v) is 21.8. The molecule has 1 fully saturated rings. The highest BCUT2D eigenvalue weighted by Gasteiger charge is 2.37. The summed E-state index contributed by atoms with van der Waals surface area (Å²) in [4.78, 5) is 30.4. The number of aromatic carboxylic acids is 1. The molecular weight excluding hydrogens is 436 g/mol. The fraction of sp³-hybridized carbons (Fsp3) is 0.615. The summed E-state index contributed by atoms with van der Waals surface area (Å²) in [6.45, 7) is 12.6. The van der Waals surface area contributed by atoms with Crippen molar-refractivity contribution in [3.05, 3.63) is 28.1 Å². The number of nitrogens with zero attached hydrogens (tertiary/aromatic N) is 2. The van der Waals surface area contributed by atoms with Crippen LogP contribution in [0.3, 0.4) is 0 Å². The van der Waals surface area contributed by atoms with Gasteiger partial charge in [-0.05, 0) is 58.4 Å². The molecular formula is C26H38N2O4S. The number of methoxy groups -OCH3 is 1. The first-order valence-electron chi connectivity index (χ1n) is 11.4. The molecule has 6 nitrogen and oxygen atoms in total. The summed E-state index contributed by atoms with van der Waals surface area (Å²) in [6, 6.07) is 1.22. The Hall–Kier alpha value is -2.30. The molecule has 0 saturated heterocycles. The maximum Gasteiger partial charge on any atom is 0.348 e. The molecule has 1 atom stereocenters. The van der Waals surface area contributed by atoms with Crippen LogP contribution >= 0.6 is 11.3 Å². The number of likely N-dealkylation sites (N-methyl/N-ethyl adjacent to an activating group) is 1. The zero-order valence-electron chi connectivity index (χ0n) is 21.0. The van der Waals surface area contributed by atoms with E-state index in [4.69, 9.17) is 4.74 Å². The molecule has 1 aliphatic carbocycles. The van der Waals surface area contributed by atoms with Gasteiger partial charge in [-0.3, -0.25) is 9.69 Å². The summed E-state index contributed by atoms with van der Waals surface area (Å²) in [5.74, 6) is 5.58. The van der Waals surface area contributed by atoms with Gasteiger partial charge in [0.2, 0.25) is 5.91 Å². The molecule has 0 spiro atoms. The summed E-state index contributed by atoms with van der Waals surface area (Å²) in [5.41, 5.74) is 0.832. The largest absolute Gasteiger partial charge is 0.477 e. The Morgan fingerprint density at radius 3 is 2.36 bits per heavy atom. The third-order valence-corrected chi connectivity index (χ3v) is 6.95. The maximum atomic E-state index is 13.9. The Balaban J connectivity index is 2.64. The van der Waals surface area contributed by atoms with Crippen LogP contribution in [-0.4, -0.2) is 55.7 Å². The Bertz CT molecular complexity index is 924. The minimum Gasteiger partial charge on any atom is -0.477 e. The molecule has 7 heteroatoms. The quantitative estimate of drug-likeness (QED) is 0.531. The van der Waals surface area contributed by atoms with Crippen molar-refractivity contribution < 1.29 is 19.4 Å². The number of ether oxygens (including phenoxy) is 1. The van der Waals surface area contributed by atoms with Gasteiger partial charge in [-0.2, -0.15) is 0 Å². The average Bonchev–Trinajstić information content (AvgIpc) is 3.15. The van der Waals surface area contributed by atoms with Gasteiger partial charge in [-0.1, -0.05) is 25.3 Å². The van der Waals surface area contributed by atoms with E-state index < -0.39 is 12.0 Å². The van der Waals surface area contributed by atoms with Crippen molar-refractivity contribution in [1.82, 2.24) is 4.90 Å². The summed E-state index contributed by atoms with van der Waals surface area (Å²) in [6.07, 6.45) is 3.58. The van der Waals surface area contributed by atoms with Crippen LogP contribution in [-0.2, 0) is 9.53 Å². The molecule has 1 N–H and O–H groups in total.